The van der Waals surface area contributed by atoms with Crippen molar-refractivity contribution in [3.8, 4) is 0 Å². The summed E-state index contributed by atoms with van der Waals surface area (Å²) in [7, 11) is 2.12. The van der Waals surface area contributed by atoms with E-state index in [4.69, 9.17) is 0 Å². The van der Waals surface area contributed by atoms with Crippen LogP contribution in [-0.2, 0) is 0 Å². The number of amides is 2. The zero-order chi connectivity index (χ0) is 17.3. The number of anilines is 1. The van der Waals surface area contributed by atoms with Gasteiger partial charge >= 0.3 is 6.03 Å². The smallest absolute Gasteiger partial charge is 0.317 e. The monoisotopic (exact) mass is 329 g/mol. The number of aromatic amines is 1. The predicted octanol–water partition coefficient (Wildman–Crippen LogP) is 2.83. The SMILES string of the molecule is CC(C)NC(=O)N1CCC(C)C(N(C)c2ccnc3[nH]ccc23)C1. The molecule has 1 aliphatic heterocycles. The lowest BCUT2D eigenvalue weighted by Crippen LogP contribution is -2.55. The fourth-order valence-electron chi connectivity index (χ4n) is 3.51. The van der Waals surface area contributed by atoms with E-state index in [-0.39, 0.29) is 18.1 Å². The van der Waals surface area contributed by atoms with Crippen LogP contribution in [0.3, 0.4) is 0 Å². The number of H-pyrrole nitrogens is 1. The molecule has 0 radical (unpaired) electrons. The standard InChI is InChI=1S/C18H27N5O/c1-12(2)21-18(24)23-10-7-13(3)16(11-23)22(4)15-6-9-20-17-14(15)5-8-19-17/h5-6,8-9,12-13,16H,7,10-11H2,1-4H3,(H,19,20)(H,21,24). The van der Waals surface area contributed by atoms with Crippen LogP contribution in [0, 0.1) is 5.92 Å². The van der Waals surface area contributed by atoms with Crippen molar-refractivity contribution in [3.63, 3.8) is 0 Å². The van der Waals surface area contributed by atoms with Crippen LogP contribution >= 0.6 is 0 Å². The molecule has 1 aliphatic rings. The summed E-state index contributed by atoms with van der Waals surface area (Å²) in [4.78, 5) is 24.1. The maximum Gasteiger partial charge on any atom is 0.317 e. The van der Waals surface area contributed by atoms with Crippen LogP contribution < -0.4 is 10.2 Å². The second-order valence-corrected chi connectivity index (χ2v) is 7.06. The number of likely N-dealkylation sites (N-methyl/N-ethyl adjacent to an activating group) is 1. The number of piperidine rings is 1. The summed E-state index contributed by atoms with van der Waals surface area (Å²) >= 11 is 0. The van der Waals surface area contributed by atoms with Crippen molar-refractivity contribution in [2.45, 2.75) is 39.3 Å². The first kappa shape index (κ1) is 16.6. The van der Waals surface area contributed by atoms with E-state index in [1.54, 1.807) is 0 Å². The van der Waals surface area contributed by atoms with Crippen LogP contribution in [0.2, 0.25) is 0 Å². The molecule has 0 bridgehead atoms. The van der Waals surface area contributed by atoms with Crippen molar-refractivity contribution >= 4 is 22.8 Å². The van der Waals surface area contributed by atoms with Gasteiger partial charge in [0, 0.05) is 55.7 Å². The fourth-order valence-corrected chi connectivity index (χ4v) is 3.51. The zero-order valence-electron chi connectivity index (χ0n) is 14.9. The van der Waals surface area contributed by atoms with E-state index in [1.807, 2.05) is 31.1 Å². The van der Waals surface area contributed by atoms with Crippen molar-refractivity contribution in [1.29, 1.82) is 0 Å². The van der Waals surface area contributed by atoms with Gasteiger partial charge in [0.2, 0.25) is 0 Å². The van der Waals surface area contributed by atoms with Gasteiger partial charge in [0.25, 0.3) is 0 Å². The molecule has 1 saturated heterocycles. The quantitative estimate of drug-likeness (QED) is 0.910. The molecular formula is C18H27N5O. The van der Waals surface area contributed by atoms with Crippen LogP contribution in [0.5, 0.6) is 0 Å². The molecular weight excluding hydrogens is 302 g/mol. The molecule has 130 valence electrons. The second kappa shape index (κ2) is 6.71. The number of nitrogens with one attached hydrogen (secondary N) is 2. The molecule has 6 heteroatoms. The van der Waals surface area contributed by atoms with Crippen molar-refractivity contribution < 1.29 is 4.79 Å². The summed E-state index contributed by atoms with van der Waals surface area (Å²) in [5.74, 6) is 0.528. The minimum Gasteiger partial charge on any atom is -0.369 e. The summed E-state index contributed by atoms with van der Waals surface area (Å²) in [6.45, 7) is 7.82. The number of fused-ring (bicyclic) bond motifs is 1. The van der Waals surface area contributed by atoms with Crippen molar-refractivity contribution in [2.24, 2.45) is 5.92 Å². The Hall–Kier alpha value is -2.24. The maximum atomic E-state index is 12.4. The molecule has 6 nitrogen and oxygen atoms in total. The van der Waals surface area contributed by atoms with Gasteiger partial charge in [-0.1, -0.05) is 6.92 Å². The van der Waals surface area contributed by atoms with Crippen LogP contribution in [0.15, 0.2) is 24.5 Å². The molecule has 2 atom stereocenters. The molecule has 0 aromatic carbocycles. The van der Waals surface area contributed by atoms with Gasteiger partial charge in [0.15, 0.2) is 0 Å². The topological polar surface area (TPSA) is 64.3 Å². The molecule has 2 aromatic rings. The van der Waals surface area contributed by atoms with Crippen LogP contribution in [0.25, 0.3) is 11.0 Å². The first-order chi connectivity index (χ1) is 11.5. The van der Waals surface area contributed by atoms with E-state index in [0.717, 1.165) is 36.2 Å². The number of carbonyl (C=O) groups excluding carboxylic acids is 1. The largest absolute Gasteiger partial charge is 0.369 e. The number of rotatable bonds is 3. The highest BCUT2D eigenvalue weighted by atomic mass is 16.2. The summed E-state index contributed by atoms with van der Waals surface area (Å²) in [5, 5.41) is 4.13. The molecule has 2 aromatic heterocycles. The van der Waals surface area contributed by atoms with Crippen molar-refractivity contribution in [2.75, 3.05) is 25.0 Å². The van der Waals surface area contributed by atoms with Crippen LogP contribution in [0.1, 0.15) is 27.2 Å². The molecule has 0 spiro atoms. The molecule has 2 amide bonds. The number of urea groups is 1. The molecule has 2 N–H and O–H groups in total. The molecule has 1 fully saturated rings. The number of hydrogen-bond donors (Lipinski definition) is 2. The molecule has 24 heavy (non-hydrogen) atoms. The Kier molecular flexibility index (Phi) is 4.64. The molecule has 2 unspecified atom stereocenters. The van der Waals surface area contributed by atoms with E-state index >= 15 is 0 Å². The van der Waals surface area contributed by atoms with Gasteiger partial charge in [0.05, 0.1) is 0 Å². The fraction of sp³-hybridized carbons (Fsp3) is 0.556. The number of carbonyl (C=O) groups is 1. The summed E-state index contributed by atoms with van der Waals surface area (Å²) < 4.78 is 0. The molecule has 0 saturated carbocycles. The number of likely N-dealkylation sites (tertiary alicyclic amines) is 1. The van der Waals surface area contributed by atoms with E-state index in [1.165, 1.54) is 0 Å². The molecule has 3 heterocycles. The summed E-state index contributed by atoms with van der Waals surface area (Å²) in [6, 6.07) is 4.60. The normalized spacial score (nSPS) is 21.3. The van der Waals surface area contributed by atoms with E-state index in [0.29, 0.717) is 5.92 Å². The van der Waals surface area contributed by atoms with E-state index in [9.17, 15) is 4.79 Å². The Morgan fingerprint density at radius 3 is 3.00 bits per heavy atom. The average molecular weight is 329 g/mol. The maximum absolute atomic E-state index is 12.4. The Labute approximate surface area is 143 Å². The highest BCUT2D eigenvalue weighted by molar-refractivity contribution is 5.89. The zero-order valence-corrected chi connectivity index (χ0v) is 14.9. The Morgan fingerprint density at radius 1 is 1.46 bits per heavy atom. The van der Waals surface area contributed by atoms with Gasteiger partial charge in [-0.25, -0.2) is 9.78 Å². The van der Waals surface area contributed by atoms with Crippen LogP contribution in [-0.4, -0.2) is 53.1 Å². The minimum atomic E-state index is 0.0387. The molecule has 3 rings (SSSR count). The third kappa shape index (κ3) is 3.18. The molecule has 0 aliphatic carbocycles. The van der Waals surface area contributed by atoms with E-state index in [2.05, 4.69) is 46.3 Å². The average Bonchev–Trinajstić information content (AvgIpc) is 3.02. The van der Waals surface area contributed by atoms with Crippen molar-refractivity contribution in [1.82, 2.24) is 20.2 Å². The predicted molar refractivity (Wildman–Crippen MR) is 97.3 cm³/mol. The van der Waals surface area contributed by atoms with Gasteiger partial charge < -0.3 is 20.1 Å². The lowest BCUT2D eigenvalue weighted by molar-refractivity contribution is 0.159. The lowest BCUT2D eigenvalue weighted by Gasteiger charge is -2.42. The number of nitrogens with zero attached hydrogens (tertiary/aromatic N) is 3. The van der Waals surface area contributed by atoms with Crippen LogP contribution in [0.4, 0.5) is 10.5 Å². The van der Waals surface area contributed by atoms with Gasteiger partial charge in [-0.15, -0.1) is 0 Å². The highest BCUT2D eigenvalue weighted by Crippen LogP contribution is 2.30. The summed E-state index contributed by atoms with van der Waals surface area (Å²) in [5.41, 5.74) is 2.06. The van der Waals surface area contributed by atoms with Gasteiger partial charge in [-0.2, -0.15) is 0 Å². The summed E-state index contributed by atoms with van der Waals surface area (Å²) in [6.07, 6.45) is 4.77. The minimum absolute atomic E-state index is 0.0387. The number of hydrogen-bond acceptors (Lipinski definition) is 3. The third-order valence-electron chi connectivity index (χ3n) is 4.93. The van der Waals surface area contributed by atoms with Crippen molar-refractivity contribution in [3.05, 3.63) is 24.5 Å². The number of pyridine rings is 1. The van der Waals surface area contributed by atoms with Gasteiger partial charge in [-0.05, 0) is 38.3 Å². The van der Waals surface area contributed by atoms with Gasteiger partial charge in [0.1, 0.15) is 5.65 Å². The van der Waals surface area contributed by atoms with E-state index < -0.39 is 0 Å². The Morgan fingerprint density at radius 2 is 2.25 bits per heavy atom. The Balaban J connectivity index is 1.81. The first-order valence-corrected chi connectivity index (χ1v) is 8.67. The van der Waals surface area contributed by atoms with Gasteiger partial charge in [-0.3, -0.25) is 0 Å². The third-order valence-corrected chi connectivity index (χ3v) is 4.93. The highest BCUT2D eigenvalue weighted by Gasteiger charge is 2.32. The Bertz CT molecular complexity index is 710. The first-order valence-electron chi connectivity index (χ1n) is 8.67. The lowest BCUT2D eigenvalue weighted by atomic mass is 9.92. The number of aromatic nitrogens is 2. The second-order valence-electron chi connectivity index (χ2n) is 7.06.